The van der Waals surface area contributed by atoms with Crippen LogP contribution < -0.4 is 5.32 Å². The molecule has 0 aliphatic heterocycles. The van der Waals surface area contributed by atoms with E-state index in [9.17, 15) is 4.79 Å². The largest absolute Gasteiger partial charge is 0.446 e. The van der Waals surface area contributed by atoms with E-state index in [1.165, 1.54) is 6.42 Å². The molecule has 0 unspecified atom stereocenters. The summed E-state index contributed by atoms with van der Waals surface area (Å²) in [6.07, 6.45) is 4.15. The first kappa shape index (κ1) is 13.2. The van der Waals surface area contributed by atoms with Gasteiger partial charge < -0.3 is 4.74 Å². The Hall–Kier alpha value is -1.22. The number of hydrogen-bond acceptors (Lipinski definition) is 2. The summed E-state index contributed by atoms with van der Waals surface area (Å²) in [5, 5.41) is 3.37. The zero-order valence-electron chi connectivity index (χ0n) is 10.5. The maximum atomic E-state index is 11.7. The number of benzene rings is 1. The van der Waals surface area contributed by atoms with Crippen LogP contribution in [0.5, 0.6) is 0 Å². The highest BCUT2D eigenvalue weighted by molar-refractivity contribution is 6.30. The molecule has 0 aromatic heterocycles. The molecule has 1 aromatic rings. The van der Waals surface area contributed by atoms with Gasteiger partial charge in [0.15, 0.2) is 0 Å². The number of halogens is 1. The van der Waals surface area contributed by atoms with Gasteiger partial charge in [0.25, 0.3) is 0 Å². The van der Waals surface area contributed by atoms with E-state index < -0.39 is 0 Å². The van der Waals surface area contributed by atoms with E-state index in [1.54, 1.807) is 24.3 Å². The van der Waals surface area contributed by atoms with E-state index in [0.717, 1.165) is 19.3 Å². The highest BCUT2D eigenvalue weighted by Crippen LogP contribution is 2.26. The van der Waals surface area contributed by atoms with Crippen LogP contribution in [0.2, 0.25) is 5.02 Å². The number of anilines is 1. The fraction of sp³-hybridized carbons (Fsp3) is 0.500. The van der Waals surface area contributed by atoms with Gasteiger partial charge >= 0.3 is 6.09 Å². The molecule has 0 saturated heterocycles. The van der Waals surface area contributed by atoms with Gasteiger partial charge in [-0.25, -0.2) is 4.79 Å². The highest BCUT2D eigenvalue weighted by atomic mass is 35.5. The van der Waals surface area contributed by atoms with Crippen LogP contribution in [0.15, 0.2) is 24.3 Å². The summed E-state index contributed by atoms with van der Waals surface area (Å²) in [5.41, 5.74) is 0.702. The van der Waals surface area contributed by atoms with Crippen LogP contribution in [-0.2, 0) is 4.74 Å². The van der Waals surface area contributed by atoms with Crippen LogP contribution in [0, 0.1) is 5.92 Å². The maximum Gasteiger partial charge on any atom is 0.411 e. The topological polar surface area (TPSA) is 38.3 Å². The highest BCUT2D eigenvalue weighted by Gasteiger charge is 2.24. The molecule has 0 heterocycles. The predicted molar refractivity (Wildman–Crippen MR) is 73.0 cm³/mol. The van der Waals surface area contributed by atoms with Gasteiger partial charge in [-0.1, -0.05) is 24.9 Å². The third-order valence-electron chi connectivity index (χ3n) is 3.38. The monoisotopic (exact) mass is 267 g/mol. The second-order valence-corrected chi connectivity index (χ2v) is 5.27. The molecule has 2 atom stereocenters. The number of rotatable bonds is 2. The first-order chi connectivity index (χ1) is 8.65. The van der Waals surface area contributed by atoms with Crippen molar-refractivity contribution >= 4 is 23.4 Å². The number of ether oxygens (including phenoxy) is 1. The van der Waals surface area contributed by atoms with Crippen LogP contribution >= 0.6 is 11.6 Å². The smallest absolute Gasteiger partial charge is 0.411 e. The van der Waals surface area contributed by atoms with Crippen molar-refractivity contribution in [2.45, 2.75) is 38.7 Å². The van der Waals surface area contributed by atoms with Gasteiger partial charge in [-0.3, -0.25) is 5.32 Å². The van der Waals surface area contributed by atoms with Gasteiger partial charge in [0.05, 0.1) is 0 Å². The minimum absolute atomic E-state index is 0.0473. The Bertz CT molecular complexity index is 405. The second kappa shape index (κ2) is 6.10. The maximum absolute atomic E-state index is 11.7. The molecule has 1 aliphatic carbocycles. The molecule has 0 spiro atoms. The van der Waals surface area contributed by atoms with Crippen molar-refractivity contribution in [2.75, 3.05) is 5.32 Å². The van der Waals surface area contributed by atoms with Crippen LogP contribution in [-0.4, -0.2) is 12.2 Å². The number of hydrogen-bond donors (Lipinski definition) is 1. The zero-order valence-corrected chi connectivity index (χ0v) is 11.2. The van der Waals surface area contributed by atoms with Crippen molar-refractivity contribution in [2.24, 2.45) is 5.92 Å². The van der Waals surface area contributed by atoms with Crippen molar-refractivity contribution in [3.63, 3.8) is 0 Å². The normalized spacial score (nSPS) is 23.4. The van der Waals surface area contributed by atoms with E-state index in [0.29, 0.717) is 16.6 Å². The standard InChI is InChI=1S/C14H18ClNO2/c1-10-4-2-3-5-13(10)18-14(17)16-12-8-6-11(15)7-9-12/h6-10,13H,2-5H2,1H3,(H,16,17)/t10-,13-/m0/s1. The first-order valence-electron chi connectivity index (χ1n) is 6.38. The van der Waals surface area contributed by atoms with Crippen molar-refractivity contribution < 1.29 is 9.53 Å². The number of carbonyl (C=O) groups excluding carboxylic acids is 1. The average molecular weight is 268 g/mol. The van der Waals surface area contributed by atoms with Gasteiger partial charge in [-0.05, 0) is 49.4 Å². The number of amides is 1. The van der Waals surface area contributed by atoms with Crippen molar-refractivity contribution in [3.8, 4) is 0 Å². The third-order valence-corrected chi connectivity index (χ3v) is 3.63. The van der Waals surface area contributed by atoms with E-state index in [2.05, 4.69) is 12.2 Å². The molecular weight excluding hydrogens is 250 g/mol. The number of nitrogens with one attached hydrogen (secondary N) is 1. The molecular formula is C14H18ClNO2. The molecule has 4 heteroatoms. The van der Waals surface area contributed by atoms with Gasteiger partial charge in [0.2, 0.25) is 0 Å². The quantitative estimate of drug-likeness (QED) is 0.859. The fourth-order valence-corrected chi connectivity index (χ4v) is 2.40. The van der Waals surface area contributed by atoms with Gasteiger partial charge in [0.1, 0.15) is 6.10 Å². The van der Waals surface area contributed by atoms with Crippen molar-refractivity contribution in [1.29, 1.82) is 0 Å². The van der Waals surface area contributed by atoms with Crippen LogP contribution in [0.4, 0.5) is 10.5 Å². The Morgan fingerprint density at radius 3 is 2.61 bits per heavy atom. The summed E-state index contributed by atoms with van der Waals surface area (Å²) in [4.78, 5) is 11.7. The second-order valence-electron chi connectivity index (χ2n) is 4.84. The first-order valence-corrected chi connectivity index (χ1v) is 6.76. The van der Waals surface area contributed by atoms with Gasteiger partial charge in [0, 0.05) is 10.7 Å². The van der Waals surface area contributed by atoms with Crippen LogP contribution in [0.25, 0.3) is 0 Å². The lowest BCUT2D eigenvalue weighted by atomic mass is 9.88. The van der Waals surface area contributed by atoms with E-state index in [-0.39, 0.29) is 12.2 Å². The van der Waals surface area contributed by atoms with E-state index >= 15 is 0 Å². The lowest BCUT2D eigenvalue weighted by Gasteiger charge is -2.28. The molecule has 18 heavy (non-hydrogen) atoms. The minimum Gasteiger partial charge on any atom is -0.446 e. The Labute approximate surface area is 112 Å². The molecule has 1 amide bonds. The van der Waals surface area contributed by atoms with Crippen molar-refractivity contribution in [1.82, 2.24) is 0 Å². The predicted octanol–water partition coefficient (Wildman–Crippen LogP) is 4.47. The summed E-state index contributed by atoms with van der Waals surface area (Å²) < 4.78 is 5.45. The lowest BCUT2D eigenvalue weighted by Crippen LogP contribution is -2.30. The number of carbonyl (C=O) groups is 1. The molecule has 98 valence electrons. The molecule has 1 saturated carbocycles. The Morgan fingerprint density at radius 1 is 1.28 bits per heavy atom. The third kappa shape index (κ3) is 3.64. The fourth-order valence-electron chi connectivity index (χ4n) is 2.28. The molecule has 1 N–H and O–H groups in total. The summed E-state index contributed by atoms with van der Waals surface area (Å²) in [6.45, 7) is 2.14. The zero-order chi connectivity index (χ0) is 13.0. The Morgan fingerprint density at radius 2 is 1.94 bits per heavy atom. The van der Waals surface area contributed by atoms with Gasteiger partial charge in [-0.2, -0.15) is 0 Å². The SMILES string of the molecule is C[C@H]1CCCC[C@@H]1OC(=O)Nc1ccc(Cl)cc1. The van der Waals surface area contributed by atoms with Crippen LogP contribution in [0.3, 0.4) is 0 Å². The minimum atomic E-state index is -0.379. The molecule has 3 nitrogen and oxygen atoms in total. The van der Waals surface area contributed by atoms with E-state index in [1.807, 2.05) is 0 Å². The molecule has 1 aliphatic rings. The molecule has 0 bridgehead atoms. The lowest BCUT2D eigenvalue weighted by molar-refractivity contribution is 0.0524. The van der Waals surface area contributed by atoms with Gasteiger partial charge in [-0.15, -0.1) is 0 Å². The average Bonchev–Trinajstić information content (AvgIpc) is 2.35. The summed E-state index contributed by atoms with van der Waals surface area (Å²) in [6, 6.07) is 6.99. The molecule has 1 fully saturated rings. The Balaban J connectivity index is 1.86. The summed E-state index contributed by atoms with van der Waals surface area (Å²) in [7, 11) is 0. The van der Waals surface area contributed by atoms with Crippen molar-refractivity contribution in [3.05, 3.63) is 29.3 Å². The summed E-state index contributed by atoms with van der Waals surface area (Å²) in [5.74, 6) is 0.453. The van der Waals surface area contributed by atoms with Crippen LogP contribution in [0.1, 0.15) is 32.6 Å². The molecule has 1 aromatic carbocycles. The molecule has 2 rings (SSSR count). The van der Waals surface area contributed by atoms with E-state index in [4.69, 9.17) is 16.3 Å². The summed E-state index contributed by atoms with van der Waals surface area (Å²) >= 11 is 5.78. The molecule has 0 radical (unpaired) electrons. The Kier molecular flexibility index (Phi) is 4.48.